The van der Waals surface area contributed by atoms with Gasteiger partial charge in [0, 0.05) is 8.59 Å². The number of hydrogen-bond donors (Lipinski definition) is 0. The summed E-state index contributed by atoms with van der Waals surface area (Å²) in [5, 5.41) is 0.660. The molecule has 1 heterocycles. The Balaban J connectivity index is 2.10. The molecule has 96 valence electrons. The summed E-state index contributed by atoms with van der Waals surface area (Å²) in [5.41, 5.74) is 2.38. The van der Waals surface area contributed by atoms with Gasteiger partial charge in [-0.15, -0.1) is 0 Å². The second-order valence-corrected chi connectivity index (χ2v) is 5.88. The Kier molecular flexibility index (Phi) is 3.36. The first-order chi connectivity index (χ1) is 9.13. The maximum atomic E-state index is 11.9. The van der Waals surface area contributed by atoms with Crippen molar-refractivity contribution in [2.75, 3.05) is 0 Å². The Morgan fingerprint density at radius 2 is 2.05 bits per heavy atom. The number of oxazole rings is 1. The van der Waals surface area contributed by atoms with Crippen LogP contribution in [-0.4, -0.2) is 4.57 Å². The maximum Gasteiger partial charge on any atom is 0.420 e. The summed E-state index contributed by atoms with van der Waals surface area (Å²) in [6.45, 7) is 0.451. The molecule has 3 aromatic rings. The number of fused-ring (bicyclic) bond motifs is 1. The molecule has 0 atom stereocenters. The summed E-state index contributed by atoms with van der Waals surface area (Å²) in [6, 6.07) is 13.2. The van der Waals surface area contributed by atoms with E-state index in [9.17, 15) is 4.79 Å². The van der Waals surface area contributed by atoms with Gasteiger partial charge in [-0.3, -0.25) is 4.57 Å². The lowest BCUT2D eigenvalue weighted by atomic mass is 10.2. The van der Waals surface area contributed by atoms with Crippen molar-refractivity contribution in [2.24, 2.45) is 0 Å². The minimum absolute atomic E-state index is 0.350. The summed E-state index contributed by atoms with van der Waals surface area (Å²) in [7, 11) is 0. The highest BCUT2D eigenvalue weighted by Gasteiger charge is 2.09. The number of nitrogens with zero attached hydrogens (tertiary/aromatic N) is 1. The van der Waals surface area contributed by atoms with Gasteiger partial charge in [-0.2, -0.15) is 0 Å². The average molecular weight is 386 g/mol. The highest BCUT2D eigenvalue weighted by atomic mass is 127. The molecular weight excluding hydrogens is 377 g/mol. The Bertz CT molecular complexity index is 807. The Morgan fingerprint density at radius 3 is 2.84 bits per heavy atom. The Morgan fingerprint density at radius 1 is 1.21 bits per heavy atom. The fourth-order valence-electron chi connectivity index (χ4n) is 2.01. The van der Waals surface area contributed by atoms with Gasteiger partial charge in [0.25, 0.3) is 0 Å². The lowest BCUT2D eigenvalue weighted by molar-refractivity contribution is 0.517. The third kappa shape index (κ3) is 2.55. The van der Waals surface area contributed by atoms with E-state index < -0.39 is 0 Å². The van der Waals surface area contributed by atoms with Gasteiger partial charge in [0.15, 0.2) is 5.58 Å². The maximum absolute atomic E-state index is 11.9. The lowest BCUT2D eigenvalue weighted by Gasteiger charge is -2.03. The van der Waals surface area contributed by atoms with Gasteiger partial charge >= 0.3 is 5.76 Å². The standard InChI is InChI=1S/C14H9ClINO2/c15-10-3-1-2-9(6-10)8-17-12-5-4-11(16)7-13(12)19-14(17)18/h1-7H,8H2. The Hall–Kier alpha value is -1.27. The van der Waals surface area contributed by atoms with Crippen molar-refractivity contribution in [3.05, 3.63) is 67.2 Å². The lowest BCUT2D eigenvalue weighted by Crippen LogP contribution is -2.14. The highest BCUT2D eigenvalue weighted by Crippen LogP contribution is 2.18. The minimum Gasteiger partial charge on any atom is -0.408 e. The monoisotopic (exact) mass is 385 g/mol. The van der Waals surface area contributed by atoms with Gasteiger partial charge < -0.3 is 4.42 Å². The molecule has 0 N–H and O–H groups in total. The van der Waals surface area contributed by atoms with Gasteiger partial charge in [0.05, 0.1) is 12.1 Å². The summed E-state index contributed by atoms with van der Waals surface area (Å²) in [5.74, 6) is -0.350. The van der Waals surface area contributed by atoms with E-state index in [1.807, 2.05) is 42.5 Å². The van der Waals surface area contributed by atoms with Crippen LogP contribution in [0.15, 0.2) is 51.7 Å². The topological polar surface area (TPSA) is 35.1 Å². The first-order valence-corrected chi connectivity index (χ1v) is 7.12. The molecule has 2 aromatic carbocycles. The van der Waals surface area contributed by atoms with Crippen molar-refractivity contribution in [1.82, 2.24) is 4.57 Å². The molecule has 0 aliphatic heterocycles. The zero-order valence-corrected chi connectivity index (χ0v) is 12.7. The van der Waals surface area contributed by atoms with Gasteiger partial charge in [-0.25, -0.2) is 4.79 Å². The molecule has 0 bridgehead atoms. The van der Waals surface area contributed by atoms with Gasteiger partial charge in [0.2, 0.25) is 0 Å². The first kappa shape index (κ1) is 12.7. The van der Waals surface area contributed by atoms with Gasteiger partial charge in [-0.1, -0.05) is 23.7 Å². The summed E-state index contributed by atoms with van der Waals surface area (Å²) in [4.78, 5) is 11.9. The number of hydrogen-bond acceptors (Lipinski definition) is 2. The zero-order valence-electron chi connectivity index (χ0n) is 9.77. The fourth-order valence-corrected chi connectivity index (χ4v) is 2.68. The van der Waals surface area contributed by atoms with E-state index in [1.54, 1.807) is 4.57 Å². The van der Waals surface area contributed by atoms with Crippen LogP contribution in [-0.2, 0) is 6.54 Å². The molecule has 0 amide bonds. The predicted octanol–water partition coefficient (Wildman–Crippen LogP) is 3.90. The molecular formula is C14H9ClINO2. The van der Waals surface area contributed by atoms with Crippen LogP contribution in [0.3, 0.4) is 0 Å². The van der Waals surface area contributed by atoms with Crippen molar-refractivity contribution in [3.63, 3.8) is 0 Å². The predicted molar refractivity (Wildman–Crippen MR) is 83.7 cm³/mol. The van der Waals surface area contributed by atoms with Crippen molar-refractivity contribution in [1.29, 1.82) is 0 Å². The van der Waals surface area contributed by atoms with E-state index in [1.165, 1.54) is 0 Å². The van der Waals surface area contributed by atoms with Crippen LogP contribution in [0.1, 0.15) is 5.56 Å². The third-order valence-electron chi connectivity index (χ3n) is 2.86. The largest absolute Gasteiger partial charge is 0.420 e. The zero-order chi connectivity index (χ0) is 13.4. The van der Waals surface area contributed by atoms with E-state index >= 15 is 0 Å². The quantitative estimate of drug-likeness (QED) is 0.627. The summed E-state index contributed by atoms with van der Waals surface area (Å²) in [6.07, 6.45) is 0. The van der Waals surface area contributed by atoms with Gasteiger partial charge in [-0.05, 0) is 58.5 Å². The van der Waals surface area contributed by atoms with Crippen LogP contribution < -0.4 is 5.76 Å². The Labute approximate surface area is 127 Å². The molecule has 0 aliphatic rings. The van der Waals surface area contributed by atoms with Crippen molar-refractivity contribution < 1.29 is 4.42 Å². The van der Waals surface area contributed by atoms with Crippen LogP contribution in [0.25, 0.3) is 11.1 Å². The van der Waals surface area contributed by atoms with Crippen LogP contribution in [0, 0.1) is 3.57 Å². The molecule has 0 radical (unpaired) electrons. The van der Waals surface area contributed by atoms with Crippen LogP contribution in [0.4, 0.5) is 0 Å². The summed E-state index contributed by atoms with van der Waals surface area (Å²) >= 11 is 8.14. The molecule has 3 rings (SSSR count). The third-order valence-corrected chi connectivity index (χ3v) is 3.77. The molecule has 0 unspecified atom stereocenters. The highest BCUT2D eigenvalue weighted by molar-refractivity contribution is 14.1. The van der Waals surface area contributed by atoms with E-state index in [4.69, 9.17) is 16.0 Å². The second kappa shape index (κ2) is 5.02. The molecule has 5 heteroatoms. The molecule has 0 spiro atoms. The molecule has 0 fully saturated rings. The number of aromatic nitrogens is 1. The number of rotatable bonds is 2. The molecule has 3 nitrogen and oxygen atoms in total. The molecule has 0 saturated carbocycles. The molecule has 0 saturated heterocycles. The molecule has 0 aliphatic carbocycles. The van der Waals surface area contributed by atoms with Crippen LogP contribution >= 0.6 is 34.2 Å². The molecule has 19 heavy (non-hydrogen) atoms. The normalized spacial score (nSPS) is 11.1. The smallest absolute Gasteiger partial charge is 0.408 e. The summed E-state index contributed by atoms with van der Waals surface area (Å²) < 4.78 is 7.90. The van der Waals surface area contributed by atoms with Crippen molar-refractivity contribution in [2.45, 2.75) is 6.54 Å². The first-order valence-electron chi connectivity index (χ1n) is 5.67. The SMILES string of the molecule is O=c1oc2cc(I)ccc2n1Cc1cccc(Cl)c1. The van der Waals surface area contributed by atoms with Crippen LogP contribution in [0.5, 0.6) is 0 Å². The average Bonchev–Trinajstić information content (AvgIpc) is 2.65. The number of halogens is 2. The fraction of sp³-hybridized carbons (Fsp3) is 0.0714. The van der Waals surface area contributed by atoms with Crippen LogP contribution in [0.2, 0.25) is 5.02 Å². The second-order valence-electron chi connectivity index (χ2n) is 4.20. The van der Waals surface area contributed by atoms with E-state index in [0.717, 1.165) is 14.7 Å². The van der Waals surface area contributed by atoms with Crippen molar-refractivity contribution in [3.8, 4) is 0 Å². The molecule has 1 aromatic heterocycles. The van der Waals surface area contributed by atoms with E-state index in [0.29, 0.717) is 17.2 Å². The van der Waals surface area contributed by atoms with E-state index in [2.05, 4.69) is 22.6 Å². The van der Waals surface area contributed by atoms with Gasteiger partial charge in [0.1, 0.15) is 0 Å². The van der Waals surface area contributed by atoms with Crippen molar-refractivity contribution >= 4 is 45.3 Å². The number of benzene rings is 2. The van der Waals surface area contributed by atoms with E-state index in [-0.39, 0.29) is 5.76 Å². The minimum atomic E-state index is -0.350.